The smallest absolute Gasteiger partial charge is 0.339 e. The quantitative estimate of drug-likeness (QED) is 0.328. The van der Waals surface area contributed by atoms with Crippen molar-refractivity contribution in [2.24, 2.45) is 0 Å². The van der Waals surface area contributed by atoms with Crippen molar-refractivity contribution >= 4 is 11.8 Å². The molecule has 0 saturated heterocycles. The molecule has 0 aliphatic rings. The third kappa shape index (κ3) is 4.51. The minimum Gasteiger partial charge on any atom is -0.497 e. The van der Waals surface area contributed by atoms with E-state index in [2.05, 4.69) is 10.1 Å². The number of benzene rings is 3. The van der Waals surface area contributed by atoms with E-state index in [1.54, 1.807) is 67.8 Å². The lowest BCUT2D eigenvalue weighted by Gasteiger charge is -2.08. The number of carbonyl (C=O) groups excluding carboxylic acids is 2. The topological polar surface area (TPSA) is 91.5 Å². The second-order valence-electron chi connectivity index (χ2n) is 6.56. The van der Waals surface area contributed by atoms with E-state index in [0.717, 1.165) is 0 Å². The molecular weight excluding hydrogens is 396 g/mol. The summed E-state index contributed by atoms with van der Waals surface area (Å²) in [4.78, 5) is 29.7. The molecular formula is C24H18N2O5. The van der Waals surface area contributed by atoms with Crippen molar-refractivity contribution < 1.29 is 23.6 Å². The van der Waals surface area contributed by atoms with Crippen LogP contribution in [0.2, 0.25) is 0 Å². The second kappa shape index (κ2) is 9.04. The van der Waals surface area contributed by atoms with Gasteiger partial charge in [-0.1, -0.05) is 65.8 Å². The molecule has 1 aromatic heterocycles. The van der Waals surface area contributed by atoms with Gasteiger partial charge in [-0.05, 0) is 18.2 Å². The van der Waals surface area contributed by atoms with E-state index in [0.29, 0.717) is 22.7 Å². The van der Waals surface area contributed by atoms with Crippen molar-refractivity contribution in [3.63, 3.8) is 0 Å². The van der Waals surface area contributed by atoms with Gasteiger partial charge in [0.1, 0.15) is 5.75 Å². The van der Waals surface area contributed by atoms with Crippen molar-refractivity contribution in [2.45, 2.75) is 6.61 Å². The standard InChI is InChI=1S/C24H18N2O5/c1-29-18-11-7-10-17(14-18)23-25-21(31-26-23)15-30-24(28)20-13-6-5-12-19(20)22(27)16-8-3-2-4-9-16/h2-14H,15H2,1H3. The summed E-state index contributed by atoms with van der Waals surface area (Å²) in [7, 11) is 1.57. The van der Waals surface area contributed by atoms with E-state index in [4.69, 9.17) is 14.0 Å². The molecule has 0 saturated carbocycles. The first-order valence-corrected chi connectivity index (χ1v) is 9.48. The first-order chi connectivity index (χ1) is 15.2. The molecule has 0 N–H and O–H groups in total. The van der Waals surface area contributed by atoms with Crippen LogP contribution < -0.4 is 4.74 Å². The largest absolute Gasteiger partial charge is 0.497 e. The summed E-state index contributed by atoms with van der Waals surface area (Å²) in [6.45, 7) is -0.219. The van der Waals surface area contributed by atoms with Gasteiger partial charge in [0.15, 0.2) is 12.4 Å². The van der Waals surface area contributed by atoms with Gasteiger partial charge in [0, 0.05) is 16.7 Å². The molecule has 7 heteroatoms. The maximum Gasteiger partial charge on any atom is 0.339 e. The lowest BCUT2D eigenvalue weighted by molar-refractivity contribution is 0.0427. The molecule has 4 rings (SSSR count). The van der Waals surface area contributed by atoms with E-state index < -0.39 is 5.97 Å². The molecule has 0 aliphatic heterocycles. The number of hydrogen-bond acceptors (Lipinski definition) is 7. The lowest BCUT2D eigenvalue weighted by atomic mass is 9.98. The molecule has 154 valence electrons. The normalized spacial score (nSPS) is 10.5. The summed E-state index contributed by atoms with van der Waals surface area (Å²) in [5.74, 6) is 0.241. The number of nitrogens with zero attached hydrogens (tertiary/aromatic N) is 2. The number of carbonyl (C=O) groups is 2. The van der Waals surface area contributed by atoms with Crippen LogP contribution in [0.25, 0.3) is 11.4 Å². The highest BCUT2D eigenvalue weighted by Gasteiger charge is 2.20. The summed E-state index contributed by atoms with van der Waals surface area (Å²) in [5.41, 5.74) is 1.63. The van der Waals surface area contributed by atoms with Crippen LogP contribution in [0.4, 0.5) is 0 Å². The van der Waals surface area contributed by atoms with Crippen LogP contribution in [0.3, 0.4) is 0 Å². The molecule has 0 atom stereocenters. The van der Waals surface area contributed by atoms with Gasteiger partial charge in [0.2, 0.25) is 5.82 Å². The molecule has 31 heavy (non-hydrogen) atoms. The first kappa shape index (κ1) is 20.0. The van der Waals surface area contributed by atoms with Crippen molar-refractivity contribution in [2.75, 3.05) is 7.11 Å². The van der Waals surface area contributed by atoms with Crippen molar-refractivity contribution in [1.29, 1.82) is 0 Å². The van der Waals surface area contributed by atoms with E-state index in [9.17, 15) is 9.59 Å². The number of rotatable bonds is 7. The molecule has 3 aromatic carbocycles. The van der Waals surface area contributed by atoms with Crippen LogP contribution >= 0.6 is 0 Å². The van der Waals surface area contributed by atoms with E-state index in [-0.39, 0.29) is 29.4 Å². The van der Waals surface area contributed by atoms with E-state index in [1.807, 2.05) is 18.2 Å². The predicted octanol–water partition coefficient (Wildman–Crippen LogP) is 4.33. The van der Waals surface area contributed by atoms with Crippen LogP contribution in [-0.2, 0) is 11.3 Å². The Balaban J connectivity index is 1.48. The molecule has 1 heterocycles. The molecule has 0 amide bonds. The Morgan fingerprint density at radius 3 is 2.42 bits per heavy atom. The van der Waals surface area contributed by atoms with Crippen molar-refractivity contribution in [1.82, 2.24) is 10.1 Å². The Hall–Kier alpha value is -4.26. The molecule has 0 spiro atoms. The van der Waals surface area contributed by atoms with Crippen LogP contribution in [0.1, 0.15) is 32.2 Å². The van der Waals surface area contributed by atoms with Gasteiger partial charge < -0.3 is 14.0 Å². The average molecular weight is 414 g/mol. The summed E-state index contributed by atoms with van der Waals surface area (Å²) in [6, 6.07) is 22.5. The van der Waals surface area contributed by atoms with Crippen LogP contribution in [0.15, 0.2) is 83.4 Å². The summed E-state index contributed by atoms with van der Waals surface area (Å²) in [6.07, 6.45) is 0. The fourth-order valence-corrected chi connectivity index (χ4v) is 3.00. The second-order valence-corrected chi connectivity index (χ2v) is 6.56. The van der Waals surface area contributed by atoms with Gasteiger partial charge in [-0.25, -0.2) is 4.79 Å². The van der Waals surface area contributed by atoms with Crippen molar-refractivity contribution in [3.8, 4) is 17.1 Å². The predicted molar refractivity (Wildman–Crippen MR) is 112 cm³/mol. The highest BCUT2D eigenvalue weighted by atomic mass is 16.6. The fourth-order valence-electron chi connectivity index (χ4n) is 3.00. The number of esters is 1. The van der Waals surface area contributed by atoms with Gasteiger partial charge in [-0.3, -0.25) is 4.79 Å². The zero-order valence-electron chi connectivity index (χ0n) is 16.6. The Morgan fingerprint density at radius 2 is 1.65 bits per heavy atom. The zero-order chi connectivity index (χ0) is 21.6. The molecule has 0 aliphatic carbocycles. The maximum absolute atomic E-state index is 12.8. The molecule has 7 nitrogen and oxygen atoms in total. The minimum atomic E-state index is -0.652. The first-order valence-electron chi connectivity index (χ1n) is 9.48. The summed E-state index contributed by atoms with van der Waals surface area (Å²) in [5, 5.41) is 3.91. The number of methoxy groups -OCH3 is 1. The highest BCUT2D eigenvalue weighted by Crippen LogP contribution is 2.22. The fraction of sp³-hybridized carbons (Fsp3) is 0.0833. The number of aromatic nitrogens is 2. The summed E-state index contributed by atoms with van der Waals surface area (Å²) >= 11 is 0. The van der Waals surface area contributed by atoms with Gasteiger partial charge in [0.05, 0.1) is 12.7 Å². The number of ketones is 1. The molecule has 4 aromatic rings. The Kier molecular flexibility index (Phi) is 5.84. The Morgan fingerprint density at radius 1 is 0.903 bits per heavy atom. The maximum atomic E-state index is 12.8. The van der Waals surface area contributed by atoms with Gasteiger partial charge >= 0.3 is 5.97 Å². The number of ether oxygens (including phenoxy) is 2. The van der Waals surface area contributed by atoms with Gasteiger partial charge in [-0.15, -0.1) is 0 Å². The van der Waals surface area contributed by atoms with Crippen LogP contribution in [0, 0.1) is 0 Å². The van der Waals surface area contributed by atoms with Crippen molar-refractivity contribution in [3.05, 3.63) is 101 Å². The Bertz CT molecular complexity index is 1220. The van der Waals surface area contributed by atoms with E-state index in [1.165, 1.54) is 0 Å². The number of hydrogen-bond donors (Lipinski definition) is 0. The van der Waals surface area contributed by atoms with E-state index >= 15 is 0 Å². The summed E-state index contributed by atoms with van der Waals surface area (Å²) < 4.78 is 15.7. The molecule has 0 bridgehead atoms. The monoisotopic (exact) mass is 414 g/mol. The highest BCUT2D eigenvalue weighted by molar-refractivity contribution is 6.14. The zero-order valence-corrected chi connectivity index (χ0v) is 16.6. The third-order valence-corrected chi connectivity index (χ3v) is 4.55. The van der Waals surface area contributed by atoms with Crippen LogP contribution in [-0.4, -0.2) is 29.0 Å². The lowest BCUT2D eigenvalue weighted by Crippen LogP contribution is -2.12. The molecule has 0 unspecified atom stereocenters. The molecule has 0 fully saturated rings. The van der Waals surface area contributed by atoms with Gasteiger partial charge in [-0.2, -0.15) is 4.98 Å². The SMILES string of the molecule is COc1cccc(-c2noc(COC(=O)c3ccccc3C(=O)c3ccccc3)n2)c1. The minimum absolute atomic E-state index is 0.137. The van der Waals surface area contributed by atoms with Gasteiger partial charge in [0.25, 0.3) is 5.89 Å². The van der Waals surface area contributed by atoms with Crippen LogP contribution in [0.5, 0.6) is 5.75 Å². The average Bonchev–Trinajstić information content (AvgIpc) is 3.32. The third-order valence-electron chi connectivity index (χ3n) is 4.55. The molecule has 0 radical (unpaired) electrons. The Labute approximate surface area is 178 Å².